The van der Waals surface area contributed by atoms with Gasteiger partial charge in [-0.3, -0.25) is 14.4 Å². The van der Waals surface area contributed by atoms with Crippen LogP contribution < -0.4 is 24.8 Å². The second-order valence-electron chi connectivity index (χ2n) is 12.6. The molecule has 6 bridgehead atoms. The number of carbonyl (C=O) groups is 3. The van der Waals surface area contributed by atoms with Crippen LogP contribution in [0.15, 0.2) is 78.9 Å². The first kappa shape index (κ1) is 33.5. The third-order valence-electron chi connectivity index (χ3n) is 9.25. The van der Waals surface area contributed by atoms with Crippen LogP contribution >= 0.6 is 0 Å². The van der Waals surface area contributed by atoms with Crippen LogP contribution in [0.4, 0.5) is 4.39 Å². The Hall–Kier alpha value is -6.04. The molecule has 3 aliphatic heterocycles. The molecule has 11 nitrogen and oxygen atoms in total. The van der Waals surface area contributed by atoms with E-state index in [0.29, 0.717) is 57.9 Å². The van der Waals surface area contributed by atoms with Gasteiger partial charge in [0.1, 0.15) is 29.2 Å². The first-order chi connectivity index (χ1) is 24.6. The van der Waals surface area contributed by atoms with Gasteiger partial charge in [-0.1, -0.05) is 18.2 Å². The van der Waals surface area contributed by atoms with Crippen molar-refractivity contribution in [2.24, 2.45) is 0 Å². The first-order valence-corrected chi connectivity index (χ1v) is 16.6. The maximum Gasteiger partial charge on any atom is 0.258 e. The Morgan fingerprint density at radius 2 is 1.73 bits per heavy atom. The van der Waals surface area contributed by atoms with Gasteiger partial charge in [0.25, 0.3) is 17.7 Å². The molecule has 2 N–H and O–H groups in total. The quantitative estimate of drug-likeness (QED) is 0.260. The summed E-state index contributed by atoms with van der Waals surface area (Å²) < 4.78 is 33.1. The van der Waals surface area contributed by atoms with Crippen LogP contribution in [0.25, 0.3) is 22.2 Å². The van der Waals surface area contributed by atoms with Crippen LogP contribution in [0.5, 0.6) is 17.2 Å². The molecule has 2 atom stereocenters. The monoisotopic (exact) mass is 689 g/mol. The molecule has 1 saturated heterocycles. The number of fused-ring (bicyclic) bond motifs is 8. The summed E-state index contributed by atoms with van der Waals surface area (Å²) in [5.41, 5.74) is 5.15. The standard InChI is InChI=1S/C39H36FN5O6/c1-22-23(2)43-33-17-26(9-12-32(33)42-22)39(48)45-14-13-35-34(20-45)44-38(47)30-16-25(8-11-31(30)40)24-5-4-6-28(15-24)50-21-37(46)41-19-27-7-10-29(51-35)18-36(27)49-3/h4-12,15-18,34-35H,13-14,19-21H2,1-3H3,(H,41,46)(H,44,47)/t34-,35+/m1/s1. The van der Waals surface area contributed by atoms with Crippen molar-refractivity contribution >= 4 is 28.8 Å². The highest BCUT2D eigenvalue weighted by Gasteiger charge is 2.35. The van der Waals surface area contributed by atoms with Crippen LogP contribution in [-0.4, -0.2) is 71.5 Å². The minimum Gasteiger partial charge on any atom is -0.496 e. The summed E-state index contributed by atoms with van der Waals surface area (Å²) in [6.45, 7) is 4.18. The van der Waals surface area contributed by atoms with Crippen LogP contribution in [0, 0.1) is 19.7 Å². The molecule has 4 aromatic carbocycles. The number of aryl methyl sites for hydroxylation is 2. The van der Waals surface area contributed by atoms with E-state index in [0.717, 1.165) is 17.0 Å². The number of hydrogen-bond donors (Lipinski definition) is 2. The topological polar surface area (TPSA) is 132 Å². The highest BCUT2D eigenvalue weighted by molar-refractivity contribution is 5.98. The highest BCUT2D eigenvalue weighted by atomic mass is 19.1. The third-order valence-corrected chi connectivity index (χ3v) is 9.25. The maximum absolute atomic E-state index is 15.3. The van der Waals surface area contributed by atoms with Gasteiger partial charge in [0.05, 0.1) is 41.1 Å². The lowest BCUT2D eigenvalue weighted by atomic mass is 9.98. The molecule has 4 heterocycles. The van der Waals surface area contributed by atoms with E-state index in [9.17, 15) is 14.4 Å². The van der Waals surface area contributed by atoms with E-state index < -0.39 is 23.9 Å². The van der Waals surface area contributed by atoms with Crippen LogP contribution in [0.1, 0.15) is 44.1 Å². The summed E-state index contributed by atoms with van der Waals surface area (Å²) in [5, 5.41) is 5.83. The zero-order valence-electron chi connectivity index (χ0n) is 28.4. The number of likely N-dealkylation sites (tertiary alicyclic amines) is 1. The molecule has 5 aromatic rings. The van der Waals surface area contributed by atoms with Gasteiger partial charge in [0.2, 0.25) is 0 Å². The van der Waals surface area contributed by atoms with E-state index in [4.69, 9.17) is 14.2 Å². The Morgan fingerprint density at radius 3 is 2.55 bits per heavy atom. The van der Waals surface area contributed by atoms with Gasteiger partial charge in [-0.25, -0.2) is 14.4 Å². The lowest BCUT2D eigenvalue weighted by Crippen LogP contribution is -2.58. The number of benzene rings is 4. The van der Waals surface area contributed by atoms with Gasteiger partial charge in [-0.2, -0.15) is 0 Å². The normalized spacial score (nSPS) is 17.8. The predicted molar refractivity (Wildman–Crippen MR) is 187 cm³/mol. The van der Waals surface area contributed by atoms with Crippen LogP contribution in [0.3, 0.4) is 0 Å². The number of hydrogen-bond acceptors (Lipinski definition) is 8. The predicted octanol–water partition coefficient (Wildman–Crippen LogP) is 5.16. The molecule has 0 spiro atoms. The van der Waals surface area contributed by atoms with Gasteiger partial charge >= 0.3 is 0 Å². The summed E-state index contributed by atoms with van der Waals surface area (Å²) >= 11 is 0. The van der Waals surface area contributed by atoms with Crippen LogP contribution in [-0.2, 0) is 11.3 Å². The first-order valence-electron chi connectivity index (χ1n) is 16.6. The van der Waals surface area contributed by atoms with E-state index in [-0.39, 0.29) is 37.1 Å². The van der Waals surface area contributed by atoms with E-state index in [1.165, 1.54) is 19.2 Å². The van der Waals surface area contributed by atoms with Crippen molar-refractivity contribution in [3.8, 4) is 28.4 Å². The molecular formula is C39H36FN5O6. The molecule has 0 unspecified atom stereocenters. The fourth-order valence-corrected chi connectivity index (χ4v) is 6.34. The smallest absolute Gasteiger partial charge is 0.258 e. The summed E-state index contributed by atoms with van der Waals surface area (Å²) in [6, 6.07) is 21.0. The number of aromatic nitrogens is 2. The average Bonchev–Trinajstić information content (AvgIpc) is 3.14. The second kappa shape index (κ2) is 14.1. The number of halogens is 1. The molecule has 8 rings (SSSR count). The molecular weight excluding hydrogens is 653 g/mol. The van der Waals surface area contributed by atoms with E-state index in [1.807, 2.05) is 13.8 Å². The second-order valence-corrected chi connectivity index (χ2v) is 12.6. The Morgan fingerprint density at radius 1 is 0.922 bits per heavy atom. The van der Waals surface area contributed by atoms with E-state index >= 15 is 4.39 Å². The van der Waals surface area contributed by atoms with Crippen molar-refractivity contribution < 1.29 is 33.0 Å². The number of carbonyl (C=O) groups excluding carboxylic acids is 3. The molecule has 260 valence electrons. The third kappa shape index (κ3) is 7.16. The summed E-state index contributed by atoms with van der Waals surface area (Å²) in [4.78, 5) is 51.2. The van der Waals surface area contributed by atoms with Crippen molar-refractivity contribution in [3.63, 3.8) is 0 Å². The van der Waals surface area contributed by atoms with Crippen molar-refractivity contribution in [1.82, 2.24) is 25.5 Å². The van der Waals surface area contributed by atoms with Gasteiger partial charge in [-0.05, 0) is 79.6 Å². The SMILES string of the molecule is COc1cc2ccc1CNC(=O)COc1cccc(c1)-c1ccc(F)c(c1)C(=O)N[C@@H]1CN(C(=O)c3ccc4nc(C)c(C)nc4c3)CC[C@@H]1O2. The minimum absolute atomic E-state index is 0.105. The molecule has 51 heavy (non-hydrogen) atoms. The number of ether oxygens (including phenoxy) is 3. The lowest BCUT2D eigenvalue weighted by molar-refractivity contribution is -0.123. The largest absolute Gasteiger partial charge is 0.496 e. The van der Waals surface area contributed by atoms with Gasteiger partial charge in [0, 0.05) is 43.2 Å². The molecule has 0 aliphatic carbocycles. The molecule has 0 saturated carbocycles. The minimum atomic E-state index is -0.712. The number of nitrogens with one attached hydrogen (secondary N) is 2. The fraction of sp³-hybridized carbons (Fsp3) is 0.256. The molecule has 0 radical (unpaired) electrons. The van der Waals surface area contributed by atoms with Crippen molar-refractivity contribution in [1.29, 1.82) is 0 Å². The Balaban J connectivity index is 1.23. The Labute approximate surface area is 293 Å². The number of methoxy groups -OCH3 is 1. The number of piperidine rings is 1. The number of amides is 3. The summed E-state index contributed by atoms with van der Waals surface area (Å²) in [6.07, 6.45) is -0.204. The summed E-state index contributed by atoms with van der Waals surface area (Å²) in [7, 11) is 1.52. The van der Waals surface area contributed by atoms with Crippen LogP contribution in [0.2, 0.25) is 0 Å². The maximum atomic E-state index is 15.3. The average molecular weight is 690 g/mol. The number of nitrogens with zero attached hydrogens (tertiary/aromatic N) is 3. The molecule has 12 heteroatoms. The van der Waals surface area contributed by atoms with E-state index in [1.54, 1.807) is 71.6 Å². The van der Waals surface area contributed by atoms with Gasteiger partial charge in [-0.15, -0.1) is 0 Å². The highest BCUT2D eigenvalue weighted by Crippen LogP contribution is 2.30. The summed E-state index contributed by atoms with van der Waals surface area (Å²) in [5.74, 6) is -0.526. The van der Waals surface area contributed by atoms with E-state index in [2.05, 4.69) is 20.6 Å². The Bertz CT molecular complexity index is 2170. The fourth-order valence-electron chi connectivity index (χ4n) is 6.34. The molecule has 1 fully saturated rings. The Kier molecular flexibility index (Phi) is 9.22. The number of rotatable bonds is 2. The van der Waals surface area contributed by atoms with Gasteiger partial charge < -0.3 is 29.7 Å². The molecule has 1 aromatic heterocycles. The molecule has 3 amide bonds. The molecule has 3 aliphatic rings. The lowest BCUT2D eigenvalue weighted by Gasteiger charge is -2.39. The van der Waals surface area contributed by atoms with Crippen molar-refractivity contribution in [2.75, 3.05) is 26.8 Å². The zero-order valence-corrected chi connectivity index (χ0v) is 28.4. The van der Waals surface area contributed by atoms with Crippen molar-refractivity contribution in [3.05, 3.63) is 113 Å². The van der Waals surface area contributed by atoms with Crippen molar-refractivity contribution in [2.45, 2.75) is 39.0 Å². The van der Waals surface area contributed by atoms with Gasteiger partial charge in [0.15, 0.2) is 6.61 Å². The zero-order chi connectivity index (χ0) is 35.6.